The number of rotatable bonds is 3. The standard InChI is InChI=1S/C13H10FN5O2/c1-17-13(4-6-15-17)11-5-7-18(16-11)12-3-2-9(19(20)21)8-10(12)14/h2-8H,1H3. The summed E-state index contributed by atoms with van der Waals surface area (Å²) in [5.41, 5.74) is 1.27. The SMILES string of the molecule is Cn1nccc1-c1ccn(-c2ccc([N+](=O)[O-])cc2F)n1. The number of non-ortho nitro benzene ring substituents is 1. The number of nitro groups is 1. The highest BCUT2D eigenvalue weighted by atomic mass is 19.1. The zero-order chi connectivity index (χ0) is 15.0. The van der Waals surface area contributed by atoms with E-state index in [4.69, 9.17) is 0 Å². The lowest BCUT2D eigenvalue weighted by molar-refractivity contribution is -0.385. The molecule has 0 radical (unpaired) electrons. The largest absolute Gasteiger partial charge is 0.272 e. The van der Waals surface area contributed by atoms with Crippen LogP contribution in [0, 0.1) is 15.9 Å². The molecule has 2 heterocycles. The molecule has 0 bridgehead atoms. The van der Waals surface area contributed by atoms with Crippen molar-refractivity contribution in [3.63, 3.8) is 0 Å². The van der Waals surface area contributed by atoms with Gasteiger partial charge in [0.15, 0.2) is 5.82 Å². The van der Waals surface area contributed by atoms with E-state index in [9.17, 15) is 14.5 Å². The maximum absolute atomic E-state index is 13.9. The minimum atomic E-state index is -0.705. The van der Waals surface area contributed by atoms with Crippen molar-refractivity contribution in [3.8, 4) is 17.1 Å². The van der Waals surface area contributed by atoms with Gasteiger partial charge < -0.3 is 0 Å². The molecule has 3 rings (SSSR count). The van der Waals surface area contributed by atoms with Crippen LogP contribution in [0.15, 0.2) is 42.7 Å². The first kappa shape index (κ1) is 13.0. The van der Waals surface area contributed by atoms with Crippen LogP contribution in [0.1, 0.15) is 0 Å². The molecule has 3 aromatic rings. The van der Waals surface area contributed by atoms with Crippen molar-refractivity contribution in [1.29, 1.82) is 0 Å². The molecule has 8 heteroatoms. The van der Waals surface area contributed by atoms with Crippen LogP contribution in [0.3, 0.4) is 0 Å². The Kier molecular flexibility index (Phi) is 2.98. The Morgan fingerprint density at radius 2 is 2.10 bits per heavy atom. The number of aromatic nitrogens is 4. The van der Waals surface area contributed by atoms with Gasteiger partial charge in [0.05, 0.1) is 16.7 Å². The molecule has 2 aromatic heterocycles. The van der Waals surface area contributed by atoms with Crippen LogP contribution in [-0.4, -0.2) is 24.5 Å². The third-order valence-corrected chi connectivity index (χ3v) is 3.06. The highest BCUT2D eigenvalue weighted by molar-refractivity contribution is 5.54. The number of nitro benzene ring substituents is 1. The van der Waals surface area contributed by atoms with Gasteiger partial charge in [-0.3, -0.25) is 14.8 Å². The van der Waals surface area contributed by atoms with E-state index in [0.717, 1.165) is 11.8 Å². The molecule has 0 amide bonds. The van der Waals surface area contributed by atoms with Gasteiger partial charge in [0, 0.05) is 25.5 Å². The molecule has 0 saturated heterocycles. The predicted molar refractivity (Wildman–Crippen MR) is 72.4 cm³/mol. The summed E-state index contributed by atoms with van der Waals surface area (Å²) < 4.78 is 16.9. The number of hydrogen-bond acceptors (Lipinski definition) is 4. The third-order valence-electron chi connectivity index (χ3n) is 3.06. The molecule has 0 saturated carbocycles. The number of hydrogen-bond donors (Lipinski definition) is 0. The van der Waals surface area contributed by atoms with Gasteiger partial charge in [0.25, 0.3) is 5.69 Å². The van der Waals surface area contributed by atoms with Gasteiger partial charge in [0.2, 0.25) is 0 Å². The van der Waals surface area contributed by atoms with E-state index in [1.54, 1.807) is 36.3 Å². The second-order valence-corrected chi connectivity index (χ2v) is 4.38. The molecule has 0 unspecified atom stereocenters. The van der Waals surface area contributed by atoms with Crippen LogP contribution in [0.25, 0.3) is 17.1 Å². The Balaban J connectivity index is 2.01. The second kappa shape index (κ2) is 4.82. The molecule has 0 fully saturated rings. The fourth-order valence-corrected chi connectivity index (χ4v) is 2.02. The Morgan fingerprint density at radius 1 is 1.29 bits per heavy atom. The Bertz CT molecular complexity index is 824. The number of nitrogens with zero attached hydrogens (tertiary/aromatic N) is 5. The van der Waals surface area contributed by atoms with Crippen molar-refractivity contribution >= 4 is 5.69 Å². The molecule has 0 aliphatic rings. The molecular formula is C13H10FN5O2. The van der Waals surface area contributed by atoms with Crippen molar-refractivity contribution in [3.05, 3.63) is 58.7 Å². The van der Waals surface area contributed by atoms with Crippen LogP contribution < -0.4 is 0 Å². The average molecular weight is 287 g/mol. The number of halogens is 1. The van der Waals surface area contributed by atoms with Gasteiger partial charge in [-0.25, -0.2) is 9.07 Å². The van der Waals surface area contributed by atoms with Gasteiger partial charge >= 0.3 is 0 Å². The van der Waals surface area contributed by atoms with E-state index < -0.39 is 10.7 Å². The predicted octanol–water partition coefficient (Wildman–Crippen LogP) is 2.32. The molecule has 1 aromatic carbocycles. The molecule has 0 N–H and O–H groups in total. The highest BCUT2D eigenvalue weighted by Gasteiger charge is 2.14. The fourth-order valence-electron chi connectivity index (χ4n) is 2.02. The topological polar surface area (TPSA) is 78.8 Å². The van der Waals surface area contributed by atoms with E-state index in [1.165, 1.54) is 16.8 Å². The number of aryl methyl sites for hydroxylation is 1. The summed E-state index contributed by atoms with van der Waals surface area (Å²) in [6.07, 6.45) is 3.23. The van der Waals surface area contributed by atoms with Crippen molar-refractivity contribution in [2.75, 3.05) is 0 Å². The monoisotopic (exact) mass is 287 g/mol. The summed E-state index contributed by atoms with van der Waals surface area (Å²) in [6, 6.07) is 6.95. The van der Waals surface area contributed by atoms with Crippen molar-refractivity contribution in [1.82, 2.24) is 19.6 Å². The average Bonchev–Trinajstić information content (AvgIpc) is 3.07. The normalized spacial score (nSPS) is 10.8. The van der Waals surface area contributed by atoms with Crippen molar-refractivity contribution < 1.29 is 9.31 Å². The van der Waals surface area contributed by atoms with Gasteiger partial charge in [0.1, 0.15) is 11.4 Å². The highest BCUT2D eigenvalue weighted by Crippen LogP contribution is 2.22. The molecule has 106 valence electrons. The van der Waals surface area contributed by atoms with Crippen molar-refractivity contribution in [2.45, 2.75) is 0 Å². The van der Waals surface area contributed by atoms with E-state index in [0.29, 0.717) is 5.69 Å². The van der Waals surface area contributed by atoms with Gasteiger partial charge in [-0.15, -0.1) is 0 Å². The van der Waals surface area contributed by atoms with Crippen LogP contribution in [0.4, 0.5) is 10.1 Å². The van der Waals surface area contributed by atoms with E-state index in [1.807, 2.05) is 0 Å². The van der Waals surface area contributed by atoms with Crippen LogP contribution in [-0.2, 0) is 7.05 Å². The summed E-state index contributed by atoms with van der Waals surface area (Å²) in [5.74, 6) is -0.705. The smallest absolute Gasteiger partial charge is 0.266 e. The lowest BCUT2D eigenvalue weighted by Crippen LogP contribution is -2.01. The van der Waals surface area contributed by atoms with Crippen LogP contribution >= 0.6 is 0 Å². The van der Waals surface area contributed by atoms with Crippen LogP contribution in [0.5, 0.6) is 0 Å². The van der Waals surface area contributed by atoms with E-state index >= 15 is 0 Å². The molecule has 0 atom stereocenters. The lowest BCUT2D eigenvalue weighted by Gasteiger charge is -2.03. The molecular weight excluding hydrogens is 277 g/mol. The van der Waals surface area contributed by atoms with Crippen LogP contribution in [0.2, 0.25) is 0 Å². The quantitative estimate of drug-likeness (QED) is 0.547. The van der Waals surface area contributed by atoms with Crippen molar-refractivity contribution in [2.24, 2.45) is 7.05 Å². The lowest BCUT2D eigenvalue weighted by atomic mass is 10.2. The Morgan fingerprint density at radius 3 is 2.71 bits per heavy atom. The first-order valence-corrected chi connectivity index (χ1v) is 6.04. The minimum Gasteiger partial charge on any atom is -0.266 e. The van der Waals surface area contributed by atoms with Gasteiger partial charge in [-0.2, -0.15) is 10.2 Å². The van der Waals surface area contributed by atoms with Gasteiger partial charge in [-0.1, -0.05) is 0 Å². The first-order valence-electron chi connectivity index (χ1n) is 6.04. The zero-order valence-electron chi connectivity index (χ0n) is 11.0. The zero-order valence-corrected chi connectivity index (χ0v) is 11.0. The molecule has 0 aliphatic heterocycles. The fraction of sp³-hybridized carbons (Fsp3) is 0.0769. The minimum absolute atomic E-state index is 0.147. The first-order chi connectivity index (χ1) is 10.1. The summed E-state index contributed by atoms with van der Waals surface area (Å²) in [5, 5.41) is 18.9. The Hall–Kier alpha value is -3.03. The van der Waals surface area contributed by atoms with Gasteiger partial charge in [-0.05, 0) is 18.2 Å². The van der Waals surface area contributed by atoms with E-state index in [2.05, 4.69) is 10.2 Å². The van der Waals surface area contributed by atoms with E-state index in [-0.39, 0.29) is 11.4 Å². The second-order valence-electron chi connectivity index (χ2n) is 4.38. The molecule has 7 nitrogen and oxygen atoms in total. The maximum Gasteiger partial charge on any atom is 0.272 e. The summed E-state index contributed by atoms with van der Waals surface area (Å²) in [6.45, 7) is 0. The molecule has 0 aliphatic carbocycles. The molecule has 21 heavy (non-hydrogen) atoms. The maximum atomic E-state index is 13.9. The number of benzene rings is 1. The summed E-state index contributed by atoms with van der Waals surface area (Å²) in [4.78, 5) is 9.96. The Labute approximate surface area is 118 Å². The third kappa shape index (κ3) is 2.27. The molecule has 0 spiro atoms. The summed E-state index contributed by atoms with van der Waals surface area (Å²) >= 11 is 0. The summed E-state index contributed by atoms with van der Waals surface area (Å²) in [7, 11) is 1.78.